The van der Waals surface area contributed by atoms with E-state index in [0.29, 0.717) is 44.1 Å². The molecular weight excluding hydrogens is 438 g/mol. The molecule has 172 valence electrons. The Hall–Kier alpha value is -3.09. The minimum atomic E-state index is -0.551. The summed E-state index contributed by atoms with van der Waals surface area (Å²) < 4.78 is 5.80. The number of halogens is 1. The Morgan fingerprint density at radius 2 is 1.97 bits per heavy atom. The number of aryl methyl sites for hydroxylation is 1. The second kappa shape index (κ2) is 10.7. The number of carbonyl (C=O) groups is 2. The third kappa shape index (κ3) is 5.64. The van der Waals surface area contributed by atoms with Gasteiger partial charge in [0.1, 0.15) is 11.8 Å². The van der Waals surface area contributed by atoms with Gasteiger partial charge in [0.25, 0.3) is 0 Å². The van der Waals surface area contributed by atoms with E-state index < -0.39 is 6.04 Å². The van der Waals surface area contributed by atoms with Crippen LogP contribution in [0.1, 0.15) is 18.4 Å². The van der Waals surface area contributed by atoms with Crippen LogP contribution < -0.4 is 15.4 Å². The van der Waals surface area contributed by atoms with Gasteiger partial charge in [-0.15, -0.1) is 0 Å². The summed E-state index contributed by atoms with van der Waals surface area (Å²) in [6.45, 7) is 3.97. The molecule has 1 fully saturated rings. The molecule has 0 radical (unpaired) electrons. The highest BCUT2D eigenvalue weighted by atomic mass is 35.5. The van der Waals surface area contributed by atoms with Gasteiger partial charge in [0.15, 0.2) is 0 Å². The van der Waals surface area contributed by atoms with Gasteiger partial charge in [-0.05, 0) is 48.6 Å². The van der Waals surface area contributed by atoms with Gasteiger partial charge in [-0.25, -0.2) is 0 Å². The molecule has 1 unspecified atom stereocenters. The number of nitrogens with zero attached hydrogens (tertiary/aromatic N) is 1. The molecule has 33 heavy (non-hydrogen) atoms. The number of hydrogen-bond donors (Lipinski definition) is 2. The molecule has 1 heterocycles. The van der Waals surface area contributed by atoms with Gasteiger partial charge >= 0.3 is 0 Å². The highest BCUT2D eigenvalue weighted by molar-refractivity contribution is 6.30. The lowest BCUT2D eigenvalue weighted by molar-refractivity contribution is -0.139. The summed E-state index contributed by atoms with van der Waals surface area (Å²) in [5, 5.41) is 8.96. The van der Waals surface area contributed by atoms with Crippen molar-refractivity contribution < 1.29 is 14.3 Å². The molecule has 0 spiro atoms. The lowest BCUT2D eigenvalue weighted by Gasteiger charge is -2.35. The summed E-state index contributed by atoms with van der Waals surface area (Å²) >= 11 is 5.98. The van der Waals surface area contributed by atoms with Crippen LogP contribution in [0.4, 0.5) is 5.69 Å². The summed E-state index contributed by atoms with van der Waals surface area (Å²) in [6, 6.07) is 18.6. The Morgan fingerprint density at radius 1 is 1.15 bits per heavy atom. The van der Waals surface area contributed by atoms with E-state index in [-0.39, 0.29) is 11.8 Å². The Labute approximate surface area is 198 Å². The number of anilines is 1. The quantitative estimate of drug-likeness (QED) is 0.507. The maximum Gasteiger partial charge on any atom is 0.248 e. The van der Waals surface area contributed by atoms with E-state index in [1.54, 1.807) is 11.0 Å². The summed E-state index contributed by atoms with van der Waals surface area (Å²) in [4.78, 5) is 27.8. The largest absolute Gasteiger partial charge is 0.493 e. The summed E-state index contributed by atoms with van der Waals surface area (Å²) in [6.07, 6.45) is 0.896. The van der Waals surface area contributed by atoms with Crippen molar-refractivity contribution in [3.05, 3.63) is 71.2 Å². The van der Waals surface area contributed by atoms with Gasteiger partial charge in [0.2, 0.25) is 11.8 Å². The molecule has 4 rings (SSSR count). The van der Waals surface area contributed by atoms with Gasteiger partial charge in [-0.2, -0.15) is 0 Å². The van der Waals surface area contributed by atoms with Crippen molar-refractivity contribution in [2.75, 3.05) is 31.6 Å². The molecule has 2 N–H and O–H groups in total. The van der Waals surface area contributed by atoms with Crippen LogP contribution >= 0.6 is 11.6 Å². The van der Waals surface area contributed by atoms with Gasteiger partial charge in [-0.3, -0.25) is 9.59 Å². The number of hydrogen-bond acceptors (Lipinski definition) is 4. The first-order valence-electron chi connectivity index (χ1n) is 11.2. The Bertz CT molecular complexity index is 1150. The topological polar surface area (TPSA) is 70.7 Å². The zero-order valence-corrected chi connectivity index (χ0v) is 19.4. The smallest absolute Gasteiger partial charge is 0.248 e. The minimum Gasteiger partial charge on any atom is -0.493 e. The molecule has 0 bridgehead atoms. The van der Waals surface area contributed by atoms with Crippen molar-refractivity contribution in [1.29, 1.82) is 0 Å². The molecule has 1 saturated heterocycles. The van der Waals surface area contributed by atoms with Crippen LogP contribution in [0.5, 0.6) is 5.75 Å². The highest BCUT2D eigenvalue weighted by Gasteiger charge is 2.32. The van der Waals surface area contributed by atoms with Gasteiger partial charge < -0.3 is 20.3 Å². The third-order valence-corrected chi connectivity index (χ3v) is 6.08. The first kappa shape index (κ1) is 23.1. The predicted octanol–water partition coefficient (Wildman–Crippen LogP) is 4.40. The molecule has 0 saturated carbocycles. The van der Waals surface area contributed by atoms with Crippen LogP contribution in [-0.4, -0.2) is 49.0 Å². The maximum absolute atomic E-state index is 13.1. The van der Waals surface area contributed by atoms with E-state index in [1.807, 2.05) is 61.5 Å². The van der Waals surface area contributed by atoms with Crippen molar-refractivity contribution in [2.24, 2.45) is 0 Å². The summed E-state index contributed by atoms with van der Waals surface area (Å²) in [7, 11) is 0. The van der Waals surface area contributed by atoms with E-state index in [4.69, 9.17) is 16.3 Å². The number of carbonyl (C=O) groups excluding carboxylic acids is 2. The Kier molecular flexibility index (Phi) is 7.47. The Balaban J connectivity index is 1.35. The first-order valence-corrected chi connectivity index (χ1v) is 11.6. The molecule has 3 aromatic rings. The number of nitrogens with one attached hydrogen (secondary N) is 2. The van der Waals surface area contributed by atoms with Gasteiger partial charge in [0, 0.05) is 42.2 Å². The van der Waals surface area contributed by atoms with E-state index in [1.165, 1.54) is 0 Å². The van der Waals surface area contributed by atoms with E-state index in [0.717, 1.165) is 27.8 Å². The standard InChI is InChI=1S/C26H28ClN3O3/c1-18-16-20(27)11-12-24(18)33-15-5-10-25(31)30-14-13-28-17-23(30)26(32)29-22-9-4-7-19-6-2-3-8-21(19)22/h2-4,6-9,11-12,16,23,28H,5,10,13-15,17H2,1H3,(H,29,32). The number of benzene rings is 3. The molecule has 3 aromatic carbocycles. The molecule has 0 aromatic heterocycles. The van der Waals surface area contributed by atoms with E-state index in [9.17, 15) is 9.59 Å². The highest BCUT2D eigenvalue weighted by Crippen LogP contribution is 2.24. The third-order valence-electron chi connectivity index (χ3n) is 5.84. The lowest BCUT2D eigenvalue weighted by Crippen LogP contribution is -2.58. The van der Waals surface area contributed by atoms with E-state index in [2.05, 4.69) is 10.6 Å². The van der Waals surface area contributed by atoms with Gasteiger partial charge in [0.05, 0.1) is 6.61 Å². The minimum absolute atomic E-state index is 0.0361. The van der Waals surface area contributed by atoms with E-state index >= 15 is 0 Å². The fourth-order valence-corrected chi connectivity index (χ4v) is 4.34. The molecule has 1 aliphatic rings. The number of amides is 2. The maximum atomic E-state index is 13.1. The molecule has 7 heteroatoms. The molecule has 0 aliphatic carbocycles. The van der Waals surface area contributed by atoms with Crippen molar-refractivity contribution >= 4 is 39.9 Å². The summed E-state index contributed by atoms with van der Waals surface area (Å²) in [5.74, 6) is 0.548. The lowest BCUT2D eigenvalue weighted by atomic mass is 10.1. The average molecular weight is 466 g/mol. The molecule has 2 amide bonds. The first-order chi connectivity index (χ1) is 16.0. The van der Waals surface area contributed by atoms with Crippen LogP contribution in [-0.2, 0) is 9.59 Å². The number of piperazine rings is 1. The second-order valence-corrected chi connectivity index (χ2v) is 8.62. The average Bonchev–Trinajstić information content (AvgIpc) is 2.83. The van der Waals surface area contributed by atoms with Crippen LogP contribution in [0.2, 0.25) is 5.02 Å². The second-order valence-electron chi connectivity index (χ2n) is 8.18. The fraction of sp³-hybridized carbons (Fsp3) is 0.308. The van der Waals surface area contributed by atoms with Crippen molar-refractivity contribution in [3.8, 4) is 5.75 Å². The fourth-order valence-electron chi connectivity index (χ4n) is 4.11. The molecular formula is C26H28ClN3O3. The van der Waals surface area contributed by atoms with Crippen LogP contribution in [0, 0.1) is 6.92 Å². The zero-order chi connectivity index (χ0) is 23.2. The number of rotatable bonds is 7. The normalized spacial score (nSPS) is 15.9. The SMILES string of the molecule is Cc1cc(Cl)ccc1OCCCC(=O)N1CCNCC1C(=O)Nc1cccc2ccccc12. The van der Waals surface area contributed by atoms with Gasteiger partial charge in [-0.1, -0.05) is 48.0 Å². The van der Waals surface area contributed by atoms with Crippen LogP contribution in [0.25, 0.3) is 10.8 Å². The predicted molar refractivity (Wildman–Crippen MR) is 132 cm³/mol. The van der Waals surface area contributed by atoms with Crippen molar-refractivity contribution in [3.63, 3.8) is 0 Å². The zero-order valence-electron chi connectivity index (χ0n) is 18.6. The van der Waals surface area contributed by atoms with Crippen molar-refractivity contribution in [1.82, 2.24) is 10.2 Å². The van der Waals surface area contributed by atoms with Crippen LogP contribution in [0.15, 0.2) is 60.7 Å². The summed E-state index contributed by atoms with van der Waals surface area (Å²) in [5.41, 5.74) is 1.71. The number of fused-ring (bicyclic) bond motifs is 1. The molecule has 1 atom stereocenters. The Morgan fingerprint density at radius 3 is 2.82 bits per heavy atom. The number of ether oxygens (including phenoxy) is 1. The van der Waals surface area contributed by atoms with Crippen LogP contribution in [0.3, 0.4) is 0 Å². The molecule has 6 nitrogen and oxygen atoms in total. The monoisotopic (exact) mass is 465 g/mol. The van der Waals surface area contributed by atoms with Crippen molar-refractivity contribution in [2.45, 2.75) is 25.8 Å². The molecule has 1 aliphatic heterocycles.